The second kappa shape index (κ2) is 11.1. The average Bonchev–Trinajstić information content (AvgIpc) is 3.60. The number of hydrogen-bond donors (Lipinski definition) is 0. The Morgan fingerprint density at radius 2 is 1.86 bits per heavy atom. The van der Waals surface area contributed by atoms with E-state index < -0.39 is 12.0 Å². The lowest BCUT2D eigenvalue weighted by Crippen LogP contribution is -2.40. The Morgan fingerprint density at radius 3 is 2.70 bits per heavy atom. The normalized spacial score (nSPS) is 16.9. The first-order valence-corrected chi connectivity index (χ1v) is 15.9. The predicted molar refractivity (Wildman–Crippen MR) is 167 cm³/mol. The summed E-state index contributed by atoms with van der Waals surface area (Å²) in [5, 5.41) is 0. The van der Waals surface area contributed by atoms with Gasteiger partial charge in [-0.15, -0.1) is 0 Å². The molecule has 0 amide bonds. The molecular weight excluding hydrogens is 583 g/mol. The van der Waals surface area contributed by atoms with E-state index in [1.54, 1.807) is 23.3 Å². The molecule has 218 valence electrons. The van der Waals surface area contributed by atoms with Crippen LogP contribution in [0.5, 0.6) is 11.5 Å². The topological polar surface area (TPSA) is 82.4 Å². The van der Waals surface area contributed by atoms with E-state index in [4.69, 9.17) is 19.2 Å². The first kappa shape index (κ1) is 27.5. The fraction of sp³-hybridized carbons (Fsp3) is 0.242. The summed E-state index contributed by atoms with van der Waals surface area (Å²) in [6.07, 6.45) is 3.28. The number of thiazole rings is 1. The van der Waals surface area contributed by atoms with E-state index in [1.165, 1.54) is 21.9 Å². The molecule has 0 unspecified atom stereocenters. The number of aromatic nitrogens is 1. The van der Waals surface area contributed by atoms with Gasteiger partial charge in [0.25, 0.3) is 5.56 Å². The van der Waals surface area contributed by atoms with Gasteiger partial charge in [0.05, 0.1) is 39.8 Å². The number of carbonyl (C=O) groups excluding carboxylic acids is 1. The van der Waals surface area contributed by atoms with Crippen LogP contribution in [0.25, 0.3) is 6.08 Å². The van der Waals surface area contributed by atoms with E-state index in [-0.39, 0.29) is 19.0 Å². The van der Waals surface area contributed by atoms with Gasteiger partial charge in [-0.05, 0) is 66.9 Å². The number of ether oxygens (including phenoxy) is 3. The largest absolute Gasteiger partial charge is 0.463 e. The van der Waals surface area contributed by atoms with E-state index in [2.05, 4.69) is 36.2 Å². The molecular formula is C33H29N3O5S2. The molecule has 0 N–H and O–H groups in total. The molecule has 0 radical (unpaired) electrons. The predicted octanol–water partition coefficient (Wildman–Crippen LogP) is 5.54. The molecule has 4 heterocycles. The number of anilines is 2. The molecule has 3 aliphatic rings. The van der Waals surface area contributed by atoms with Crippen molar-refractivity contribution in [3.8, 4) is 11.5 Å². The summed E-state index contributed by atoms with van der Waals surface area (Å²) in [7, 11) is 2.07. The number of nitrogens with zero attached hydrogens (tertiary/aromatic N) is 3. The van der Waals surface area contributed by atoms with Gasteiger partial charge in [-0.25, -0.2) is 9.79 Å². The summed E-state index contributed by atoms with van der Waals surface area (Å²) in [6.45, 7) is 4.16. The average molecular weight is 612 g/mol. The van der Waals surface area contributed by atoms with Crippen LogP contribution in [0.3, 0.4) is 0 Å². The van der Waals surface area contributed by atoms with Crippen LogP contribution in [-0.2, 0) is 9.53 Å². The molecule has 0 fully saturated rings. The molecule has 0 saturated carbocycles. The zero-order valence-electron chi connectivity index (χ0n) is 24.0. The molecule has 0 saturated heterocycles. The van der Waals surface area contributed by atoms with Crippen LogP contribution in [0.2, 0.25) is 0 Å². The van der Waals surface area contributed by atoms with Crippen molar-refractivity contribution in [2.45, 2.75) is 42.5 Å². The molecule has 3 aromatic carbocycles. The number of carbonyl (C=O) groups is 1. The summed E-state index contributed by atoms with van der Waals surface area (Å²) in [6, 6.07) is 19.4. The lowest BCUT2D eigenvalue weighted by Gasteiger charge is -2.29. The minimum absolute atomic E-state index is 0.129. The lowest BCUT2D eigenvalue weighted by molar-refractivity contribution is -0.139. The van der Waals surface area contributed by atoms with Gasteiger partial charge in [-0.1, -0.05) is 60.7 Å². The van der Waals surface area contributed by atoms with Crippen molar-refractivity contribution in [2.24, 2.45) is 4.99 Å². The van der Waals surface area contributed by atoms with Crippen LogP contribution in [-0.4, -0.2) is 31.0 Å². The number of benzene rings is 3. The van der Waals surface area contributed by atoms with E-state index in [1.807, 2.05) is 49.4 Å². The third-order valence-corrected chi connectivity index (χ3v) is 9.79. The van der Waals surface area contributed by atoms with Crippen LogP contribution in [0.4, 0.5) is 11.4 Å². The first-order valence-electron chi connectivity index (χ1n) is 14.2. The quantitative estimate of drug-likeness (QED) is 0.265. The number of hydrogen-bond acceptors (Lipinski definition) is 9. The van der Waals surface area contributed by atoms with Crippen LogP contribution in [0.15, 0.2) is 91.5 Å². The van der Waals surface area contributed by atoms with Crippen LogP contribution >= 0.6 is 23.1 Å². The zero-order chi connectivity index (χ0) is 29.7. The van der Waals surface area contributed by atoms with Crippen molar-refractivity contribution in [3.05, 3.63) is 103 Å². The van der Waals surface area contributed by atoms with Gasteiger partial charge < -0.3 is 19.1 Å². The van der Waals surface area contributed by atoms with Crippen molar-refractivity contribution in [1.29, 1.82) is 0 Å². The standard InChI is InChI=1S/C33H29N3O5S2/c1-4-8-21-29(32(38)39-5-2)30(20-12-14-24-25(17-20)41-18-40-24)36-31(37)28(43-33(36)34-21)16-19-11-13-23-27(15-19)42-26-10-7-6-9-22(26)35(23)3/h6-7,9-17,30H,4-5,8,18H2,1-3H3/b28-16+/t30-/m0/s1. The highest BCUT2D eigenvalue weighted by Gasteiger charge is 2.35. The van der Waals surface area contributed by atoms with Gasteiger partial charge in [0.15, 0.2) is 16.3 Å². The monoisotopic (exact) mass is 611 g/mol. The Bertz CT molecular complexity index is 1990. The van der Waals surface area contributed by atoms with Crippen molar-refractivity contribution in [3.63, 3.8) is 0 Å². The van der Waals surface area contributed by atoms with Gasteiger partial charge >= 0.3 is 5.97 Å². The Hall–Kier alpha value is -4.28. The molecule has 10 heteroatoms. The maximum absolute atomic E-state index is 14.2. The van der Waals surface area contributed by atoms with Crippen molar-refractivity contribution >= 4 is 46.5 Å². The van der Waals surface area contributed by atoms with Crippen LogP contribution < -0.4 is 29.3 Å². The first-order chi connectivity index (χ1) is 21.0. The van der Waals surface area contributed by atoms with Crippen molar-refractivity contribution in [2.75, 3.05) is 25.3 Å². The second-order valence-electron chi connectivity index (χ2n) is 10.4. The summed E-state index contributed by atoms with van der Waals surface area (Å²) in [5.74, 6) is 0.739. The summed E-state index contributed by atoms with van der Waals surface area (Å²) in [4.78, 5) is 37.5. The smallest absolute Gasteiger partial charge is 0.338 e. The fourth-order valence-electron chi connectivity index (χ4n) is 5.72. The van der Waals surface area contributed by atoms with Gasteiger partial charge in [0, 0.05) is 16.8 Å². The van der Waals surface area contributed by atoms with Crippen LogP contribution in [0, 0.1) is 0 Å². The molecule has 0 aliphatic carbocycles. The van der Waals surface area contributed by atoms with Gasteiger partial charge in [0.1, 0.15) is 0 Å². The van der Waals surface area contributed by atoms with Crippen molar-refractivity contribution < 1.29 is 19.0 Å². The number of fused-ring (bicyclic) bond motifs is 4. The van der Waals surface area contributed by atoms with Crippen molar-refractivity contribution in [1.82, 2.24) is 4.57 Å². The number of allylic oxidation sites excluding steroid dienone is 1. The lowest BCUT2D eigenvalue weighted by atomic mass is 9.94. The molecule has 8 nitrogen and oxygen atoms in total. The maximum Gasteiger partial charge on any atom is 0.338 e. The van der Waals surface area contributed by atoms with Gasteiger partial charge in [-0.2, -0.15) is 0 Å². The summed E-state index contributed by atoms with van der Waals surface area (Å²) >= 11 is 3.06. The minimum atomic E-state index is -0.710. The molecule has 0 bridgehead atoms. The van der Waals surface area contributed by atoms with E-state index in [0.29, 0.717) is 38.5 Å². The Morgan fingerprint density at radius 1 is 1.05 bits per heavy atom. The molecule has 7 rings (SSSR count). The molecule has 3 aliphatic heterocycles. The Kier molecular flexibility index (Phi) is 7.10. The number of para-hydroxylation sites is 1. The minimum Gasteiger partial charge on any atom is -0.463 e. The third kappa shape index (κ3) is 4.74. The highest BCUT2D eigenvalue weighted by Crippen LogP contribution is 2.47. The van der Waals surface area contributed by atoms with Crippen LogP contribution in [0.1, 0.15) is 43.9 Å². The molecule has 4 aromatic rings. The number of esters is 1. The summed E-state index contributed by atoms with van der Waals surface area (Å²) in [5.41, 5.74) is 4.75. The van der Waals surface area contributed by atoms with E-state index in [0.717, 1.165) is 28.1 Å². The van der Waals surface area contributed by atoms with E-state index in [9.17, 15) is 9.59 Å². The SMILES string of the molecule is CCCC1=C(C(=O)OCC)[C@H](c2ccc3c(c2)OCO3)n2c(s/c(=C/c3ccc4c(c3)Sc3ccccc3N4C)c2=O)=N1. The van der Waals surface area contributed by atoms with Gasteiger partial charge in [-0.3, -0.25) is 9.36 Å². The maximum atomic E-state index is 14.2. The highest BCUT2D eigenvalue weighted by molar-refractivity contribution is 7.99. The van der Waals surface area contributed by atoms with Gasteiger partial charge in [0.2, 0.25) is 6.79 Å². The molecule has 43 heavy (non-hydrogen) atoms. The Balaban J connectivity index is 1.37. The number of rotatable bonds is 6. The fourth-order valence-corrected chi connectivity index (χ4v) is 7.94. The van der Waals surface area contributed by atoms with E-state index >= 15 is 0 Å². The third-order valence-electron chi connectivity index (χ3n) is 7.69. The molecule has 1 atom stereocenters. The zero-order valence-corrected chi connectivity index (χ0v) is 25.6. The molecule has 0 spiro atoms. The summed E-state index contributed by atoms with van der Waals surface area (Å²) < 4.78 is 18.8. The second-order valence-corrected chi connectivity index (χ2v) is 12.5. The highest BCUT2D eigenvalue weighted by atomic mass is 32.2. The Labute approximate surface area is 256 Å². The molecule has 1 aromatic heterocycles.